The number of carbonyl (C=O) groups is 3. The molecule has 0 atom stereocenters. The molecule has 2 rings (SSSR count). The number of carbonyl (C=O) groups excluding carboxylic acids is 3. The Balaban J connectivity index is 2.02. The highest BCUT2D eigenvalue weighted by Gasteiger charge is 2.18. The van der Waals surface area contributed by atoms with Gasteiger partial charge in [-0.1, -0.05) is 17.7 Å². The highest BCUT2D eigenvalue weighted by Crippen LogP contribution is 2.16. The van der Waals surface area contributed by atoms with Gasteiger partial charge in [0.05, 0.1) is 10.5 Å². The van der Waals surface area contributed by atoms with E-state index in [9.17, 15) is 22.8 Å². The standard InChI is InChI=1S/C16H18N4O5S/c1-11-2-4-13(5-3-11)26(24,25)20-9-7-12(10-20)15(22)18-8-6-14(21)19-16(17)23/h2-5,7,9-10H,6,8H2,1H3,(H,18,22)(H3,17,19,21,23). The quantitative estimate of drug-likeness (QED) is 0.665. The van der Waals surface area contributed by atoms with Crippen LogP contribution in [0.1, 0.15) is 22.3 Å². The minimum absolute atomic E-state index is 0.0339. The maximum absolute atomic E-state index is 12.5. The van der Waals surface area contributed by atoms with Crippen LogP contribution in [-0.2, 0) is 14.8 Å². The lowest BCUT2D eigenvalue weighted by Gasteiger charge is -2.06. The van der Waals surface area contributed by atoms with Crippen LogP contribution < -0.4 is 16.4 Å². The van der Waals surface area contributed by atoms with Gasteiger partial charge in [-0.25, -0.2) is 17.2 Å². The van der Waals surface area contributed by atoms with Crippen LogP contribution in [0.3, 0.4) is 0 Å². The summed E-state index contributed by atoms with van der Waals surface area (Å²) in [6, 6.07) is 6.72. The maximum atomic E-state index is 12.5. The molecule has 2 aromatic rings. The van der Waals surface area contributed by atoms with Gasteiger partial charge in [-0.3, -0.25) is 14.9 Å². The average Bonchev–Trinajstić information content (AvgIpc) is 3.05. The number of aromatic nitrogens is 1. The summed E-state index contributed by atoms with van der Waals surface area (Å²) in [5, 5.41) is 4.32. The van der Waals surface area contributed by atoms with Crippen LogP contribution in [-0.4, -0.2) is 36.8 Å². The van der Waals surface area contributed by atoms with Crippen LogP contribution >= 0.6 is 0 Å². The fourth-order valence-electron chi connectivity index (χ4n) is 2.08. The van der Waals surface area contributed by atoms with E-state index >= 15 is 0 Å². The molecular weight excluding hydrogens is 360 g/mol. The fourth-order valence-corrected chi connectivity index (χ4v) is 3.28. The third kappa shape index (κ3) is 4.70. The Kier molecular flexibility index (Phi) is 5.78. The zero-order chi connectivity index (χ0) is 19.3. The number of primary amides is 1. The summed E-state index contributed by atoms with van der Waals surface area (Å²) in [6.45, 7) is 1.81. The Morgan fingerprint density at radius 1 is 1.12 bits per heavy atom. The van der Waals surface area contributed by atoms with E-state index in [0.717, 1.165) is 9.54 Å². The summed E-state index contributed by atoms with van der Waals surface area (Å²) in [5.74, 6) is -1.17. The SMILES string of the molecule is Cc1ccc(S(=O)(=O)n2ccc(C(=O)NCCC(=O)NC(N)=O)c2)cc1. The van der Waals surface area contributed by atoms with Gasteiger partial charge in [-0.2, -0.15) is 0 Å². The molecule has 9 nitrogen and oxygen atoms in total. The molecule has 0 fully saturated rings. The Bertz CT molecular complexity index is 932. The van der Waals surface area contributed by atoms with Gasteiger partial charge in [0.25, 0.3) is 15.9 Å². The molecule has 0 saturated carbocycles. The Hall–Kier alpha value is -3.14. The van der Waals surface area contributed by atoms with E-state index in [4.69, 9.17) is 5.73 Å². The predicted molar refractivity (Wildman–Crippen MR) is 92.9 cm³/mol. The third-order valence-corrected chi connectivity index (χ3v) is 5.08. The molecule has 0 unspecified atom stereocenters. The van der Waals surface area contributed by atoms with Gasteiger partial charge in [0.2, 0.25) is 5.91 Å². The summed E-state index contributed by atoms with van der Waals surface area (Å²) in [4.78, 5) is 33.9. The van der Waals surface area contributed by atoms with E-state index in [1.165, 1.54) is 30.6 Å². The third-order valence-electron chi connectivity index (χ3n) is 3.43. The Morgan fingerprint density at radius 3 is 2.38 bits per heavy atom. The zero-order valence-corrected chi connectivity index (χ0v) is 14.7. The second-order valence-electron chi connectivity index (χ2n) is 5.47. The van der Waals surface area contributed by atoms with Gasteiger partial charge >= 0.3 is 6.03 Å². The first kappa shape index (κ1) is 19.2. The number of hydrogen-bond donors (Lipinski definition) is 3. The van der Waals surface area contributed by atoms with E-state index in [1.807, 2.05) is 12.2 Å². The number of urea groups is 1. The highest BCUT2D eigenvalue weighted by molar-refractivity contribution is 7.90. The number of nitrogens with two attached hydrogens (primary N) is 1. The molecule has 4 amide bonds. The molecular formula is C16H18N4O5S. The van der Waals surface area contributed by atoms with Crippen LogP contribution in [0.15, 0.2) is 47.6 Å². The lowest BCUT2D eigenvalue weighted by Crippen LogP contribution is -2.37. The van der Waals surface area contributed by atoms with E-state index in [0.29, 0.717) is 0 Å². The summed E-state index contributed by atoms with van der Waals surface area (Å²) >= 11 is 0. The van der Waals surface area contributed by atoms with E-state index in [-0.39, 0.29) is 23.4 Å². The largest absolute Gasteiger partial charge is 0.351 e. The van der Waals surface area contributed by atoms with Gasteiger partial charge in [0.15, 0.2) is 0 Å². The average molecular weight is 378 g/mol. The molecule has 4 N–H and O–H groups in total. The van der Waals surface area contributed by atoms with Crippen molar-refractivity contribution in [2.45, 2.75) is 18.2 Å². The van der Waals surface area contributed by atoms with Crippen molar-refractivity contribution < 1.29 is 22.8 Å². The highest BCUT2D eigenvalue weighted by atomic mass is 32.2. The van der Waals surface area contributed by atoms with Gasteiger partial charge in [-0.15, -0.1) is 0 Å². The van der Waals surface area contributed by atoms with Crippen LogP contribution in [0.2, 0.25) is 0 Å². The van der Waals surface area contributed by atoms with Crippen molar-refractivity contribution in [3.05, 3.63) is 53.9 Å². The summed E-state index contributed by atoms with van der Waals surface area (Å²) in [7, 11) is -3.79. The van der Waals surface area contributed by atoms with Crippen molar-refractivity contribution in [1.29, 1.82) is 0 Å². The molecule has 0 spiro atoms. The van der Waals surface area contributed by atoms with Crippen molar-refractivity contribution >= 4 is 27.9 Å². The lowest BCUT2D eigenvalue weighted by molar-refractivity contribution is -0.119. The Labute approximate surface area is 150 Å². The van der Waals surface area contributed by atoms with Gasteiger partial charge < -0.3 is 11.1 Å². The lowest BCUT2D eigenvalue weighted by atomic mass is 10.2. The monoisotopic (exact) mass is 378 g/mol. The number of imide groups is 1. The summed E-state index contributed by atoms with van der Waals surface area (Å²) in [6.07, 6.45) is 2.31. The molecule has 1 aromatic heterocycles. The summed E-state index contributed by atoms with van der Waals surface area (Å²) in [5.41, 5.74) is 5.85. The van der Waals surface area contributed by atoms with Crippen LogP contribution in [0.25, 0.3) is 0 Å². The fraction of sp³-hybridized carbons (Fsp3) is 0.188. The predicted octanol–water partition coefficient (Wildman–Crippen LogP) is 0.348. The van der Waals surface area contributed by atoms with Crippen molar-refractivity contribution in [3.63, 3.8) is 0 Å². The summed E-state index contributed by atoms with van der Waals surface area (Å²) < 4.78 is 26.0. The molecule has 26 heavy (non-hydrogen) atoms. The van der Waals surface area contributed by atoms with Crippen molar-refractivity contribution in [1.82, 2.24) is 14.6 Å². The Morgan fingerprint density at radius 2 is 1.77 bits per heavy atom. The van der Waals surface area contributed by atoms with Crippen LogP contribution in [0.4, 0.5) is 4.79 Å². The number of nitrogens with zero attached hydrogens (tertiary/aromatic N) is 1. The van der Waals surface area contributed by atoms with Crippen LogP contribution in [0.5, 0.6) is 0 Å². The van der Waals surface area contributed by atoms with Crippen molar-refractivity contribution in [2.75, 3.05) is 6.54 Å². The minimum atomic E-state index is -3.79. The molecule has 0 bridgehead atoms. The second kappa shape index (κ2) is 7.83. The minimum Gasteiger partial charge on any atom is -0.351 e. The number of aryl methyl sites for hydroxylation is 1. The number of rotatable bonds is 6. The molecule has 1 aromatic carbocycles. The van der Waals surface area contributed by atoms with Gasteiger partial charge in [0.1, 0.15) is 0 Å². The molecule has 0 aliphatic rings. The molecule has 0 saturated heterocycles. The van der Waals surface area contributed by atoms with Gasteiger partial charge in [0, 0.05) is 25.4 Å². The number of hydrogen-bond acceptors (Lipinski definition) is 5. The second-order valence-corrected chi connectivity index (χ2v) is 7.31. The first-order chi connectivity index (χ1) is 12.2. The van der Waals surface area contributed by atoms with Crippen molar-refractivity contribution in [3.8, 4) is 0 Å². The van der Waals surface area contributed by atoms with Crippen LogP contribution in [0, 0.1) is 6.92 Å². The first-order valence-electron chi connectivity index (χ1n) is 7.58. The topological polar surface area (TPSA) is 140 Å². The number of amides is 4. The molecule has 0 aliphatic heterocycles. The molecule has 1 heterocycles. The normalized spacial score (nSPS) is 11.0. The van der Waals surface area contributed by atoms with E-state index in [1.54, 1.807) is 12.1 Å². The smallest absolute Gasteiger partial charge is 0.318 e. The molecule has 0 aliphatic carbocycles. The molecule has 10 heteroatoms. The zero-order valence-electron chi connectivity index (χ0n) is 13.9. The van der Waals surface area contributed by atoms with Crippen molar-refractivity contribution in [2.24, 2.45) is 5.73 Å². The molecule has 138 valence electrons. The molecule has 0 radical (unpaired) electrons. The van der Waals surface area contributed by atoms with E-state index < -0.39 is 27.9 Å². The number of nitrogens with one attached hydrogen (secondary N) is 2. The number of benzene rings is 1. The van der Waals surface area contributed by atoms with E-state index in [2.05, 4.69) is 5.32 Å². The first-order valence-corrected chi connectivity index (χ1v) is 9.02. The maximum Gasteiger partial charge on any atom is 0.318 e. The van der Waals surface area contributed by atoms with Gasteiger partial charge in [-0.05, 0) is 25.1 Å².